The van der Waals surface area contributed by atoms with Crippen molar-refractivity contribution in [3.05, 3.63) is 59.2 Å². The second-order valence-electron chi connectivity index (χ2n) is 6.53. The molecular weight excluding hydrogens is 326 g/mol. The standard InChI is InChI=1S/C21H29N3S/c1-5-24(20-9-7-16(2)8-10-20)12-6-11-22-21(25)23-19-14-17(3)13-18(4)15-19/h7-10,13-15H,5-6,11-12H2,1-4H3,(H2,22,23,25). The Morgan fingerprint density at radius 1 is 0.960 bits per heavy atom. The van der Waals surface area contributed by atoms with Crippen molar-refractivity contribution in [3.63, 3.8) is 0 Å². The van der Waals surface area contributed by atoms with Gasteiger partial charge in [0.1, 0.15) is 0 Å². The van der Waals surface area contributed by atoms with Crippen molar-refractivity contribution < 1.29 is 0 Å². The minimum absolute atomic E-state index is 0.684. The SMILES string of the molecule is CCN(CCCNC(=S)Nc1cc(C)cc(C)c1)c1ccc(C)cc1. The Kier molecular flexibility index (Phi) is 7.26. The lowest BCUT2D eigenvalue weighted by Gasteiger charge is -2.23. The van der Waals surface area contributed by atoms with E-state index in [0.29, 0.717) is 5.11 Å². The molecule has 0 fully saturated rings. The molecule has 3 nitrogen and oxygen atoms in total. The van der Waals surface area contributed by atoms with Gasteiger partial charge in [0.2, 0.25) is 0 Å². The van der Waals surface area contributed by atoms with Gasteiger partial charge in [-0.1, -0.05) is 23.8 Å². The highest BCUT2D eigenvalue weighted by Gasteiger charge is 2.04. The van der Waals surface area contributed by atoms with Gasteiger partial charge in [0, 0.05) is 31.0 Å². The van der Waals surface area contributed by atoms with Gasteiger partial charge in [0.05, 0.1) is 0 Å². The van der Waals surface area contributed by atoms with Crippen LogP contribution >= 0.6 is 12.2 Å². The first-order valence-electron chi connectivity index (χ1n) is 8.92. The number of nitrogens with zero attached hydrogens (tertiary/aromatic N) is 1. The first kappa shape index (κ1) is 19.3. The molecule has 0 aliphatic heterocycles. The van der Waals surface area contributed by atoms with E-state index in [-0.39, 0.29) is 0 Å². The molecule has 0 atom stereocenters. The maximum Gasteiger partial charge on any atom is 0.170 e. The molecule has 0 amide bonds. The topological polar surface area (TPSA) is 27.3 Å². The number of anilines is 2. The van der Waals surface area contributed by atoms with Gasteiger partial charge in [-0.3, -0.25) is 0 Å². The van der Waals surface area contributed by atoms with Crippen LogP contribution in [0.15, 0.2) is 42.5 Å². The zero-order valence-electron chi connectivity index (χ0n) is 15.7. The first-order valence-corrected chi connectivity index (χ1v) is 9.33. The summed E-state index contributed by atoms with van der Waals surface area (Å²) in [4.78, 5) is 2.39. The summed E-state index contributed by atoms with van der Waals surface area (Å²) in [6.07, 6.45) is 1.04. The zero-order valence-corrected chi connectivity index (χ0v) is 16.5. The normalized spacial score (nSPS) is 10.4. The van der Waals surface area contributed by atoms with Crippen molar-refractivity contribution in [2.75, 3.05) is 29.9 Å². The largest absolute Gasteiger partial charge is 0.372 e. The van der Waals surface area contributed by atoms with Crippen LogP contribution in [-0.2, 0) is 0 Å². The average molecular weight is 356 g/mol. The van der Waals surface area contributed by atoms with E-state index in [0.717, 1.165) is 31.7 Å². The Bertz CT molecular complexity index is 675. The predicted molar refractivity (Wildman–Crippen MR) is 114 cm³/mol. The van der Waals surface area contributed by atoms with Crippen LogP contribution in [0.2, 0.25) is 0 Å². The predicted octanol–water partition coefficient (Wildman–Crippen LogP) is 4.81. The lowest BCUT2D eigenvalue weighted by Crippen LogP contribution is -2.32. The number of rotatable bonds is 7. The molecule has 25 heavy (non-hydrogen) atoms. The summed E-state index contributed by atoms with van der Waals surface area (Å²) in [5, 5.41) is 7.26. The number of aryl methyl sites for hydroxylation is 3. The minimum atomic E-state index is 0.684. The van der Waals surface area contributed by atoms with Gasteiger partial charge in [0.15, 0.2) is 5.11 Å². The van der Waals surface area contributed by atoms with Gasteiger partial charge in [-0.2, -0.15) is 0 Å². The summed E-state index contributed by atoms with van der Waals surface area (Å²) < 4.78 is 0. The molecule has 0 aromatic heterocycles. The Hall–Kier alpha value is -2.07. The zero-order chi connectivity index (χ0) is 18.2. The number of benzene rings is 2. The van der Waals surface area contributed by atoms with Crippen LogP contribution in [0.4, 0.5) is 11.4 Å². The van der Waals surface area contributed by atoms with E-state index < -0.39 is 0 Å². The minimum Gasteiger partial charge on any atom is -0.372 e. The van der Waals surface area contributed by atoms with Crippen molar-refractivity contribution in [1.82, 2.24) is 5.32 Å². The van der Waals surface area contributed by atoms with Gasteiger partial charge in [-0.15, -0.1) is 0 Å². The van der Waals surface area contributed by atoms with Crippen LogP contribution in [0.5, 0.6) is 0 Å². The molecule has 2 aromatic rings. The summed E-state index contributed by atoms with van der Waals surface area (Å²) in [7, 11) is 0. The molecule has 0 unspecified atom stereocenters. The summed E-state index contributed by atoms with van der Waals surface area (Å²) in [6.45, 7) is 11.4. The molecule has 0 bridgehead atoms. The second-order valence-corrected chi connectivity index (χ2v) is 6.93. The molecule has 2 aromatic carbocycles. The van der Waals surface area contributed by atoms with E-state index in [2.05, 4.69) is 85.7 Å². The summed E-state index contributed by atoms with van der Waals surface area (Å²) >= 11 is 5.40. The second kappa shape index (κ2) is 9.42. The van der Waals surface area contributed by atoms with Gasteiger partial charge >= 0.3 is 0 Å². The van der Waals surface area contributed by atoms with Crippen LogP contribution in [0.1, 0.15) is 30.0 Å². The van der Waals surface area contributed by atoms with Crippen molar-refractivity contribution in [1.29, 1.82) is 0 Å². The van der Waals surface area contributed by atoms with Crippen LogP contribution in [0.3, 0.4) is 0 Å². The fourth-order valence-electron chi connectivity index (χ4n) is 2.92. The molecule has 0 aliphatic rings. The highest BCUT2D eigenvalue weighted by atomic mass is 32.1. The summed E-state index contributed by atoms with van der Waals surface area (Å²) in [5.74, 6) is 0. The molecule has 0 saturated carbocycles. The molecule has 4 heteroatoms. The molecule has 0 radical (unpaired) electrons. The van der Waals surface area contributed by atoms with E-state index in [9.17, 15) is 0 Å². The lowest BCUT2D eigenvalue weighted by atomic mass is 10.1. The maximum absolute atomic E-state index is 5.40. The highest BCUT2D eigenvalue weighted by molar-refractivity contribution is 7.80. The molecule has 0 heterocycles. The van der Waals surface area contributed by atoms with Crippen molar-refractivity contribution in [3.8, 4) is 0 Å². The first-order chi connectivity index (χ1) is 12.0. The molecule has 0 aliphatic carbocycles. The fraction of sp³-hybridized carbons (Fsp3) is 0.381. The number of nitrogens with one attached hydrogen (secondary N) is 2. The van der Waals surface area contributed by atoms with Gasteiger partial charge in [-0.05, 0) is 81.7 Å². The van der Waals surface area contributed by atoms with Gasteiger partial charge in [-0.25, -0.2) is 0 Å². The third-order valence-electron chi connectivity index (χ3n) is 4.15. The van der Waals surface area contributed by atoms with E-state index in [1.807, 2.05) is 0 Å². The molecule has 2 rings (SSSR count). The summed E-state index contributed by atoms with van der Waals surface area (Å²) in [5.41, 5.74) is 6.10. The Labute approximate surface area is 157 Å². The monoisotopic (exact) mass is 355 g/mol. The lowest BCUT2D eigenvalue weighted by molar-refractivity contribution is 0.726. The van der Waals surface area contributed by atoms with Crippen molar-refractivity contribution >= 4 is 28.7 Å². The molecular formula is C21H29N3S. The van der Waals surface area contributed by atoms with E-state index in [1.165, 1.54) is 22.4 Å². The average Bonchev–Trinajstić information content (AvgIpc) is 2.55. The van der Waals surface area contributed by atoms with E-state index in [4.69, 9.17) is 12.2 Å². The quantitative estimate of drug-likeness (QED) is 0.550. The van der Waals surface area contributed by atoms with Crippen LogP contribution < -0.4 is 15.5 Å². The van der Waals surface area contributed by atoms with Crippen molar-refractivity contribution in [2.24, 2.45) is 0 Å². The number of thiocarbonyl (C=S) groups is 1. The van der Waals surface area contributed by atoms with Crippen LogP contribution in [0, 0.1) is 20.8 Å². The van der Waals surface area contributed by atoms with E-state index in [1.54, 1.807) is 0 Å². The van der Waals surface area contributed by atoms with Crippen LogP contribution in [-0.4, -0.2) is 24.7 Å². The molecule has 134 valence electrons. The number of hydrogen-bond acceptors (Lipinski definition) is 2. The van der Waals surface area contributed by atoms with Crippen LogP contribution in [0.25, 0.3) is 0 Å². The van der Waals surface area contributed by atoms with Gasteiger partial charge in [0.25, 0.3) is 0 Å². The molecule has 2 N–H and O–H groups in total. The smallest absolute Gasteiger partial charge is 0.170 e. The third kappa shape index (κ3) is 6.39. The summed E-state index contributed by atoms with van der Waals surface area (Å²) in [6, 6.07) is 15.1. The van der Waals surface area contributed by atoms with Crippen molar-refractivity contribution in [2.45, 2.75) is 34.1 Å². The molecule has 0 spiro atoms. The fourth-order valence-corrected chi connectivity index (χ4v) is 3.14. The molecule has 0 saturated heterocycles. The number of hydrogen-bond donors (Lipinski definition) is 2. The maximum atomic E-state index is 5.40. The Morgan fingerprint density at radius 3 is 2.20 bits per heavy atom. The van der Waals surface area contributed by atoms with E-state index >= 15 is 0 Å². The Morgan fingerprint density at radius 2 is 1.60 bits per heavy atom. The Balaban J connectivity index is 1.75. The highest BCUT2D eigenvalue weighted by Crippen LogP contribution is 2.15. The third-order valence-corrected chi connectivity index (χ3v) is 4.40. The van der Waals surface area contributed by atoms with Gasteiger partial charge < -0.3 is 15.5 Å².